The summed E-state index contributed by atoms with van der Waals surface area (Å²) in [5.74, 6) is 0. The predicted molar refractivity (Wildman–Crippen MR) is 60.0 cm³/mol. The molecule has 2 aromatic rings. The van der Waals surface area contributed by atoms with Gasteiger partial charge in [-0.15, -0.1) is 11.3 Å². The maximum Gasteiger partial charge on any atom is 0.0802 e. The van der Waals surface area contributed by atoms with Gasteiger partial charge in [0, 0.05) is 15.5 Å². The van der Waals surface area contributed by atoms with Gasteiger partial charge in [-0.1, -0.05) is 6.07 Å². The minimum absolute atomic E-state index is 1.04. The van der Waals surface area contributed by atoms with E-state index in [1.54, 1.807) is 11.3 Å². The first-order valence-corrected chi connectivity index (χ1v) is 5.55. The van der Waals surface area contributed by atoms with Gasteiger partial charge in [0.15, 0.2) is 0 Å². The maximum absolute atomic E-state index is 4.29. The summed E-state index contributed by atoms with van der Waals surface area (Å²) in [4.78, 5) is 6.80. The van der Waals surface area contributed by atoms with E-state index in [1.165, 1.54) is 9.75 Å². The highest BCUT2D eigenvalue weighted by Crippen LogP contribution is 2.32. The molecule has 2 heterocycles. The van der Waals surface area contributed by atoms with Crippen LogP contribution in [-0.2, 0) is 0 Å². The molecule has 0 bridgehead atoms. The van der Waals surface area contributed by atoms with E-state index in [-0.39, 0.29) is 0 Å². The fraction of sp³-hybridized carbons (Fsp3) is 0.100. The molecular formula is C10H8BrNS. The summed E-state index contributed by atoms with van der Waals surface area (Å²) >= 11 is 5.25. The number of hydrogen-bond donors (Lipinski definition) is 0. The molecule has 2 rings (SSSR count). The lowest BCUT2D eigenvalue weighted by molar-refractivity contribution is 1.34. The third-order valence-corrected chi connectivity index (χ3v) is 3.93. The van der Waals surface area contributed by atoms with Crippen molar-refractivity contribution in [2.75, 3.05) is 0 Å². The lowest BCUT2D eigenvalue weighted by atomic mass is 10.3. The minimum atomic E-state index is 1.04. The molecule has 0 amide bonds. The fourth-order valence-electron chi connectivity index (χ4n) is 1.09. The van der Waals surface area contributed by atoms with Crippen LogP contribution in [0.4, 0.5) is 0 Å². The number of halogens is 1. The molecule has 13 heavy (non-hydrogen) atoms. The molecule has 0 saturated heterocycles. The molecule has 0 aromatic carbocycles. The highest BCUT2D eigenvalue weighted by atomic mass is 79.9. The molecule has 0 unspecified atom stereocenters. The molecule has 0 radical (unpaired) electrons. The molecule has 0 atom stereocenters. The first-order valence-electron chi connectivity index (χ1n) is 3.95. The van der Waals surface area contributed by atoms with Crippen LogP contribution in [0, 0.1) is 6.92 Å². The zero-order valence-corrected chi connectivity index (χ0v) is 9.52. The zero-order chi connectivity index (χ0) is 9.26. The normalized spacial score (nSPS) is 10.3. The average molecular weight is 254 g/mol. The molecule has 0 N–H and O–H groups in total. The van der Waals surface area contributed by atoms with Gasteiger partial charge < -0.3 is 0 Å². The van der Waals surface area contributed by atoms with Crippen LogP contribution in [0.2, 0.25) is 0 Å². The van der Waals surface area contributed by atoms with E-state index < -0.39 is 0 Å². The number of hydrogen-bond acceptors (Lipinski definition) is 2. The van der Waals surface area contributed by atoms with E-state index in [1.807, 2.05) is 24.4 Å². The molecule has 0 aliphatic heterocycles. The van der Waals surface area contributed by atoms with Gasteiger partial charge in [0.1, 0.15) is 0 Å². The summed E-state index contributed by atoms with van der Waals surface area (Å²) in [7, 11) is 0. The van der Waals surface area contributed by atoms with Crippen LogP contribution >= 0.6 is 27.3 Å². The number of thiophene rings is 1. The van der Waals surface area contributed by atoms with Gasteiger partial charge in [0.05, 0.1) is 10.6 Å². The van der Waals surface area contributed by atoms with E-state index in [0.29, 0.717) is 0 Å². The Morgan fingerprint density at radius 3 is 2.77 bits per heavy atom. The highest BCUT2D eigenvalue weighted by molar-refractivity contribution is 9.10. The number of nitrogens with zero attached hydrogens (tertiary/aromatic N) is 1. The summed E-state index contributed by atoms with van der Waals surface area (Å²) in [5.41, 5.74) is 1.04. The smallest absolute Gasteiger partial charge is 0.0802 e. The fourth-order valence-corrected chi connectivity index (χ4v) is 2.61. The molecule has 1 nitrogen and oxygen atoms in total. The average Bonchev–Trinajstić information content (AvgIpc) is 2.49. The summed E-state index contributed by atoms with van der Waals surface area (Å²) in [5, 5.41) is 0. The summed E-state index contributed by atoms with van der Waals surface area (Å²) in [6, 6.07) is 8.07. The van der Waals surface area contributed by atoms with Crippen molar-refractivity contribution >= 4 is 27.3 Å². The van der Waals surface area contributed by atoms with Gasteiger partial charge in [-0.2, -0.15) is 0 Å². The van der Waals surface area contributed by atoms with E-state index in [9.17, 15) is 0 Å². The lowest BCUT2D eigenvalue weighted by Gasteiger charge is -1.92. The maximum atomic E-state index is 4.29. The van der Waals surface area contributed by atoms with E-state index >= 15 is 0 Å². The standard InChI is InChI=1S/C10H8BrNS/c1-7-8(11)6-10(13-7)9-4-2-3-5-12-9/h2-6H,1H3. The molecule has 3 heteroatoms. The van der Waals surface area contributed by atoms with Crippen molar-refractivity contribution in [3.05, 3.63) is 39.8 Å². The van der Waals surface area contributed by atoms with Gasteiger partial charge in [-0.25, -0.2) is 0 Å². The van der Waals surface area contributed by atoms with Crippen molar-refractivity contribution in [2.24, 2.45) is 0 Å². The predicted octanol–water partition coefficient (Wildman–Crippen LogP) is 3.88. The first kappa shape index (κ1) is 8.91. The van der Waals surface area contributed by atoms with Crippen LogP contribution in [0.5, 0.6) is 0 Å². The highest BCUT2D eigenvalue weighted by Gasteiger charge is 2.04. The number of pyridine rings is 1. The van der Waals surface area contributed by atoms with Crippen LogP contribution in [0.25, 0.3) is 10.6 Å². The lowest BCUT2D eigenvalue weighted by Crippen LogP contribution is -1.75. The Bertz CT molecular complexity index is 389. The Morgan fingerprint density at radius 2 is 2.23 bits per heavy atom. The molecule has 0 aliphatic carbocycles. The van der Waals surface area contributed by atoms with Gasteiger partial charge in [-0.05, 0) is 41.1 Å². The molecule has 2 aromatic heterocycles. The second-order valence-electron chi connectivity index (χ2n) is 2.73. The molecular weight excluding hydrogens is 246 g/mol. The monoisotopic (exact) mass is 253 g/mol. The van der Waals surface area contributed by atoms with Crippen LogP contribution in [0.3, 0.4) is 0 Å². The van der Waals surface area contributed by atoms with Gasteiger partial charge in [0.25, 0.3) is 0 Å². The van der Waals surface area contributed by atoms with Crippen molar-refractivity contribution in [2.45, 2.75) is 6.92 Å². The van der Waals surface area contributed by atoms with Gasteiger partial charge >= 0.3 is 0 Å². The second kappa shape index (κ2) is 3.60. The summed E-state index contributed by atoms with van der Waals surface area (Å²) < 4.78 is 1.16. The van der Waals surface area contributed by atoms with Gasteiger partial charge in [-0.3, -0.25) is 4.98 Å². The van der Waals surface area contributed by atoms with Crippen molar-refractivity contribution in [3.63, 3.8) is 0 Å². The number of aromatic nitrogens is 1. The van der Waals surface area contributed by atoms with Crippen molar-refractivity contribution < 1.29 is 0 Å². The van der Waals surface area contributed by atoms with Crippen molar-refractivity contribution in [1.82, 2.24) is 4.98 Å². The quantitative estimate of drug-likeness (QED) is 0.752. The Hall–Kier alpha value is -0.670. The zero-order valence-electron chi connectivity index (χ0n) is 7.12. The van der Waals surface area contributed by atoms with Gasteiger partial charge in [0.2, 0.25) is 0 Å². The Kier molecular flexibility index (Phi) is 2.47. The van der Waals surface area contributed by atoms with E-state index in [4.69, 9.17) is 0 Å². The first-order chi connectivity index (χ1) is 6.27. The number of aryl methyl sites for hydroxylation is 1. The van der Waals surface area contributed by atoms with Crippen LogP contribution in [0.1, 0.15) is 4.88 Å². The molecule has 0 saturated carbocycles. The Labute approximate surface area is 89.6 Å². The third kappa shape index (κ3) is 1.81. The minimum Gasteiger partial charge on any atom is -0.255 e. The molecule has 0 aliphatic rings. The second-order valence-corrected chi connectivity index (χ2v) is 4.84. The number of rotatable bonds is 1. The van der Waals surface area contributed by atoms with Crippen LogP contribution in [0.15, 0.2) is 34.9 Å². The topological polar surface area (TPSA) is 12.9 Å². The molecule has 0 fully saturated rings. The van der Waals surface area contributed by atoms with Crippen LogP contribution in [-0.4, -0.2) is 4.98 Å². The van der Waals surface area contributed by atoms with Crippen LogP contribution < -0.4 is 0 Å². The van der Waals surface area contributed by atoms with Crippen molar-refractivity contribution in [1.29, 1.82) is 0 Å². The Morgan fingerprint density at radius 1 is 1.38 bits per heavy atom. The summed E-state index contributed by atoms with van der Waals surface area (Å²) in [6.07, 6.45) is 1.82. The largest absolute Gasteiger partial charge is 0.255 e. The van der Waals surface area contributed by atoms with Crippen molar-refractivity contribution in [3.8, 4) is 10.6 Å². The third-order valence-electron chi connectivity index (χ3n) is 1.77. The molecule has 0 spiro atoms. The van der Waals surface area contributed by atoms with E-state index in [0.717, 1.165) is 10.2 Å². The summed E-state index contributed by atoms with van der Waals surface area (Å²) in [6.45, 7) is 2.10. The molecule has 66 valence electrons. The van der Waals surface area contributed by atoms with E-state index in [2.05, 4.69) is 33.9 Å². The Balaban J connectivity index is 2.48. The SMILES string of the molecule is Cc1sc(-c2ccccn2)cc1Br.